The molecule has 1 aliphatic carbocycles. The summed E-state index contributed by atoms with van der Waals surface area (Å²) in [7, 11) is 2.03. The van der Waals surface area contributed by atoms with Gasteiger partial charge in [0.15, 0.2) is 0 Å². The summed E-state index contributed by atoms with van der Waals surface area (Å²) in [6, 6.07) is 55.8. The van der Waals surface area contributed by atoms with Gasteiger partial charge < -0.3 is 13.9 Å². The molecule has 5 nitrogen and oxygen atoms in total. The normalized spacial score (nSPS) is 14.5. The van der Waals surface area contributed by atoms with Gasteiger partial charge in [-0.3, -0.25) is 4.98 Å². The molecule has 3 heterocycles. The molecule has 0 radical (unpaired) electrons. The maximum absolute atomic E-state index is 6.47. The average molecular weight is 777 g/mol. The van der Waals surface area contributed by atoms with Crippen LogP contribution < -0.4 is 4.74 Å². The van der Waals surface area contributed by atoms with Crippen molar-refractivity contribution in [1.82, 2.24) is 19.1 Å². The molecule has 9 aromatic rings. The molecular weight excluding hydrogens is 743 g/mol. The van der Waals surface area contributed by atoms with Crippen molar-refractivity contribution in [3.8, 4) is 28.6 Å². The van der Waals surface area contributed by atoms with Crippen LogP contribution in [0.2, 0.25) is 0 Å². The second-order valence-corrected chi connectivity index (χ2v) is 14.1. The number of hydrogen-bond acceptors (Lipinski definition) is 3. The van der Waals surface area contributed by atoms with E-state index in [0.29, 0.717) is 11.5 Å². The molecule has 0 spiro atoms. The molecule has 0 bridgehead atoms. The van der Waals surface area contributed by atoms with Gasteiger partial charge in [-0.1, -0.05) is 98.4 Å². The van der Waals surface area contributed by atoms with E-state index in [9.17, 15) is 0 Å². The van der Waals surface area contributed by atoms with Crippen LogP contribution in [0.4, 0.5) is 0 Å². The molecule has 0 fully saturated rings. The number of benzene rings is 6. The molecule has 258 valence electrons. The van der Waals surface area contributed by atoms with E-state index >= 15 is 0 Å². The topological polar surface area (TPSA) is 44.9 Å². The van der Waals surface area contributed by atoms with Crippen molar-refractivity contribution in [3.05, 3.63) is 186 Å². The van der Waals surface area contributed by atoms with E-state index in [2.05, 4.69) is 120 Å². The molecule has 53 heavy (non-hydrogen) atoms. The molecule has 0 N–H and O–H groups in total. The summed E-state index contributed by atoms with van der Waals surface area (Å²) < 4.78 is 10.8. The van der Waals surface area contributed by atoms with Crippen molar-refractivity contribution in [2.75, 3.05) is 0 Å². The number of rotatable bonds is 5. The third-order valence-electron chi connectivity index (χ3n) is 10.8. The number of hydrogen-bond donors (Lipinski definition) is 0. The van der Waals surface area contributed by atoms with Crippen LogP contribution in [0.5, 0.6) is 11.5 Å². The van der Waals surface area contributed by atoms with Gasteiger partial charge in [0, 0.05) is 46.8 Å². The Morgan fingerprint density at radius 3 is 2.28 bits per heavy atom. The maximum Gasteiger partial charge on any atom is 2.00 e. The van der Waals surface area contributed by atoms with Crippen molar-refractivity contribution in [1.29, 1.82) is 0 Å². The molecule has 0 saturated carbocycles. The molecule has 6 aromatic carbocycles. The first-order valence-corrected chi connectivity index (χ1v) is 17.7. The fraction of sp³-hybridized carbons (Fsp3) is 0.106. The van der Waals surface area contributed by atoms with Gasteiger partial charge in [0.25, 0.3) is 0 Å². The van der Waals surface area contributed by atoms with Crippen molar-refractivity contribution in [3.63, 3.8) is 0 Å². The zero-order valence-corrected chi connectivity index (χ0v) is 31.0. The Labute approximate surface area is 322 Å². The first-order valence-electron chi connectivity index (χ1n) is 17.7. The number of aryl methyl sites for hydroxylation is 1. The van der Waals surface area contributed by atoms with Crippen LogP contribution in [-0.2, 0) is 32.9 Å². The summed E-state index contributed by atoms with van der Waals surface area (Å²) in [5.41, 5.74) is 12.2. The van der Waals surface area contributed by atoms with E-state index in [1.165, 1.54) is 33.2 Å². The smallest absolute Gasteiger partial charge is 0.503 e. The first kappa shape index (κ1) is 33.1. The van der Waals surface area contributed by atoms with Gasteiger partial charge in [0.05, 0.1) is 22.4 Å². The van der Waals surface area contributed by atoms with E-state index in [4.69, 9.17) is 14.7 Å². The molecule has 1 unspecified atom stereocenters. The molecular formula is C47H34N4OPd. The van der Waals surface area contributed by atoms with Crippen molar-refractivity contribution in [2.45, 2.75) is 25.2 Å². The summed E-state index contributed by atoms with van der Waals surface area (Å²) in [6.07, 6.45) is 1.87. The van der Waals surface area contributed by atoms with E-state index in [1.54, 1.807) is 0 Å². The summed E-state index contributed by atoms with van der Waals surface area (Å²) in [4.78, 5) is 9.86. The zero-order chi connectivity index (χ0) is 35.0. The van der Waals surface area contributed by atoms with Crippen LogP contribution >= 0.6 is 0 Å². The fourth-order valence-electron chi connectivity index (χ4n) is 8.43. The SMILES string of the molecule is Cn1c(-c2[c-]c(Oc3[c-]c(-n4c5ccc6c(c5c5cccnc54)C(c4ccccc4)c4ccccc4C6(C)C)ccc3)ccc2)nc2ccccc21.[Pd+2]. The zero-order valence-electron chi connectivity index (χ0n) is 29.4. The predicted octanol–water partition coefficient (Wildman–Crippen LogP) is 10.9. The van der Waals surface area contributed by atoms with Crippen LogP contribution in [-0.4, -0.2) is 19.1 Å². The molecule has 1 aliphatic rings. The molecule has 10 rings (SSSR count). The molecule has 0 saturated heterocycles. The van der Waals surface area contributed by atoms with E-state index in [1.807, 2.05) is 67.8 Å². The summed E-state index contributed by atoms with van der Waals surface area (Å²) in [5.74, 6) is 2.10. The number of para-hydroxylation sites is 2. The Kier molecular flexibility index (Phi) is 7.93. The number of aromatic nitrogens is 4. The predicted molar refractivity (Wildman–Crippen MR) is 208 cm³/mol. The van der Waals surface area contributed by atoms with Gasteiger partial charge >= 0.3 is 20.4 Å². The average Bonchev–Trinajstić information content (AvgIpc) is 3.70. The van der Waals surface area contributed by atoms with Gasteiger partial charge in [0.1, 0.15) is 5.65 Å². The number of ether oxygens (including phenoxy) is 1. The van der Waals surface area contributed by atoms with Crippen molar-refractivity contribution in [2.24, 2.45) is 7.05 Å². The van der Waals surface area contributed by atoms with Gasteiger partial charge in [-0.05, 0) is 58.1 Å². The van der Waals surface area contributed by atoms with Crippen molar-refractivity contribution >= 4 is 33.0 Å². The van der Waals surface area contributed by atoms with E-state index < -0.39 is 0 Å². The molecule has 3 aromatic heterocycles. The quantitative estimate of drug-likeness (QED) is 0.129. The minimum Gasteiger partial charge on any atom is -0.503 e. The first-order chi connectivity index (χ1) is 25.5. The van der Waals surface area contributed by atoms with Crippen LogP contribution in [0.15, 0.2) is 146 Å². The van der Waals surface area contributed by atoms with Crippen LogP contribution in [0.25, 0.3) is 50.0 Å². The van der Waals surface area contributed by atoms with Gasteiger partial charge in [-0.15, -0.1) is 42.0 Å². The Hall–Kier alpha value is -5.80. The minimum absolute atomic E-state index is 0. The van der Waals surface area contributed by atoms with E-state index in [-0.39, 0.29) is 31.8 Å². The third-order valence-corrected chi connectivity index (χ3v) is 10.8. The standard InChI is InChI=1S/C47H34N4O.Pd/c1-47(2)37-22-8-7-20-35(37)42(30-14-5-4-6-15-30)44-38(47)25-26-41-43(44)36-21-13-27-48-46(36)51(41)32-17-12-19-34(29-32)52-33-18-11-16-31(28-33)45-49-39-23-9-10-24-40(39)50(45)3;/h4-27,42H,1-3H3;/q-2;+2. The third kappa shape index (κ3) is 5.17. The number of nitrogens with zero attached hydrogens (tertiary/aromatic N) is 4. The van der Waals surface area contributed by atoms with Crippen molar-refractivity contribution < 1.29 is 25.2 Å². The molecule has 6 heteroatoms. The molecule has 0 aliphatic heterocycles. The number of pyridine rings is 1. The minimum atomic E-state index is -0.186. The number of fused-ring (bicyclic) bond motifs is 7. The Morgan fingerprint density at radius 2 is 1.43 bits per heavy atom. The van der Waals surface area contributed by atoms with Crippen LogP contribution in [0.1, 0.15) is 47.6 Å². The summed E-state index contributed by atoms with van der Waals surface area (Å²) >= 11 is 0. The second kappa shape index (κ2) is 12.7. The summed E-state index contributed by atoms with van der Waals surface area (Å²) in [5, 5.41) is 2.34. The Morgan fingerprint density at radius 1 is 0.679 bits per heavy atom. The second-order valence-electron chi connectivity index (χ2n) is 14.1. The summed E-state index contributed by atoms with van der Waals surface area (Å²) in [6.45, 7) is 4.71. The fourth-order valence-corrected chi connectivity index (χ4v) is 8.43. The van der Waals surface area contributed by atoms with Gasteiger partial charge in [-0.25, -0.2) is 4.98 Å². The maximum atomic E-state index is 6.47. The molecule has 1 atom stereocenters. The number of imidazole rings is 1. The van der Waals surface area contributed by atoms with Gasteiger partial charge in [-0.2, -0.15) is 6.07 Å². The van der Waals surface area contributed by atoms with Crippen LogP contribution in [0.3, 0.4) is 0 Å². The molecule has 0 amide bonds. The monoisotopic (exact) mass is 776 g/mol. The Bertz CT molecular complexity index is 2830. The largest absolute Gasteiger partial charge is 2.00 e. The van der Waals surface area contributed by atoms with Crippen LogP contribution in [0, 0.1) is 12.1 Å². The Balaban J connectivity index is 0.00000372. The van der Waals surface area contributed by atoms with E-state index in [0.717, 1.165) is 44.7 Å². The van der Waals surface area contributed by atoms with Gasteiger partial charge in [0.2, 0.25) is 0 Å².